The Kier molecular flexibility index (Phi) is 4.96. The number of para-hydroxylation sites is 1. The van der Waals surface area contributed by atoms with E-state index in [1.54, 1.807) is 0 Å². The van der Waals surface area contributed by atoms with Crippen LogP contribution >= 0.6 is 0 Å². The number of nitrogens with zero attached hydrogens (tertiary/aromatic N) is 1. The van der Waals surface area contributed by atoms with Gasteiger partial charge in [-0.05, 0) is 44.0 Å². The van der Waals surface area contributed by atoms with Gasteiger partial charge in [-0.3, -0.25) is 9.59 Å². The van der Waals surface area contributed by atoms with Crippen LogP contribution in [0.5, 0.6) is 0 Å². The van der Waals surface area contributed by atoms with Gasteiger partial charge in [0.15, 0.2) is 0 Å². The third-order valence-electron chi connectivity index (χ3n) is 4.83. The normalized spacial score (nSPS) is 22.3. The molecule has 2 unspecified atom stereocenters. The van der Waals surface area contributed by atoms with E-state index in [1.807, 2.05) is 24.3 Å². The summed E-state index contributed by atoms with van der Waals surface area (Å²) in [4.78, 5) is 27.0. The number of likely N-dealkylation sites (tertiary alicyclic amines) is 1. The molecule has 2 heterocycles. The van der Waals surface area contributed by atoms with Gasteiger partial charge in [-0.25, -0.2) is 0 Å². The molecular weight excluding hydrogens is 290 g/mol. The quantitative estimate of drug-likeness (QED) is 0.875. The van der Waals surface area contributed by atoms with Gasteiger partial charge in [0.1, 0.15) is 0 Å². The van der Waals surface area contributed by atoms with Crippen molar-refractivity contribution in [3.63, 3.8) is 0 Å². The molecule has 2 N–H and O–H groups in total. The fourth-order valence-corrected chi connectivity index (χ4v) is 3.50. The summed E-state index contributed by atoms with van der Waals surface area (Å²) in [5, 5.41) is 6.01. The number of carbonyl (C=O) groups excluding carboxylic acids is 2. The number of hydrogen-bond acceptors (Lipinski definition) is 3. The largest absolute Gasteiger partial charge is 0.352 e. The first-order chi connectivity index (χ1) is 11.2. The molecule has 3 rings (SSSR count). The Bertz CT molecular complexity index is 581. The first-order valence-corrected chi connectivity index (χ1v) is 8.59. The van der Waals surface area contributed by atoms with Crippen molar-refractivity contribution in [2.24, 2.45) is 0 Å². The first-order valence-electron chi connectivity index (χ1n) is 8.59. The third-order valence-corrected chi connectivity index (χ3v) is 4.83. The smallest absolute Gasteiger partial charge is 0.228 e. The summed E-state index contributed by atoms with van der Waals surface area (Å²) < 4.78 is 0. The number of rotatable bonds is 5. The van der Waals surface area contributed by atoms with Gasteiger partial charge in [-0.2, -0.15) is 0 Å². The van der Waals surface area contributed by atoms with E-state index in [-0.39, 0.29) is 30.2 Å². The van der Waals surface area contributed by atoms with E-state index >= 15 is 0 Å². The minimum atomic E-state index is -0.382. The number of benzene rings is 1. The van der Waals surface area contributed by atoms with Gasteiger partial charge in [0, 0.05) is 24.7 Å². The van der Waals surface area contributed by atoms with E-state index < -0.39 is 0 Å². The lowest BCUT2D eigenvalue weighted by Gasteiger charge is -2.28. The Morgan fingerprint density at radius 1 is 1.35 bits per heavy atom. The number of anilines is 1. The molecule has 0 aliphatic carbocycles. The zero-order valence-electron chi connectivity index (χ0n) is 13.7. The summed E-state index contributed by atoms with van der Waals surface area (Å²) in [6.45, 7) is 5.26. The van der Waals surface area contributed by atoms with Crippen molar-refractivity contribution in [2.75, 3.05) is 25.0 Å². The SMILES string of the molecule is CCC(CN1CCCC1)NC(=O)C1CC(=O)Nc2ccccc21. The molecule has 0 aromatic heterocycles. The van der Waals surface area contributed by atoms with Crippen LogP contribution in [0.4, 0.5) is 5.69 Å². The van der Waals surface area contributed by atoms with Gasteiger partial charge in [0.2, 0.25) is 11.8 Å². The van der Waals surface area contributed by atoms with Crippen LogP contribution in [-0.4, -0.2) is 42.4 Å². The second-order valence-corrected chi connectivity index (χ2v) is 6.51. The van der Waals surface area contributed by atoms with Gasteiger partial charge >= 0.3 is 0 Å². The molecule has 2 atom stereocenters. The average molecular weight is 315 g/mol. The Labute approximate surface area is 137 Å². The molecule has 23 heavy (non-hydrogen) atoms. The van der Waals surface area contributed by atoms with Crippen molar-refractivity contribution in [2.45, 2.75) is 44.6 Å². The van der Waals surface area contributed by atoms with E-state index in [1.165, 1.54) is 12.8 Å². The van der Waals surface area contributed by atoms with Crippen molar-refractivity contribution in [1.82, 2.24) is 10.2 Å². The molecule has 1 aromatic rings. The maximum Gasteiger partial charge on any atom is 0.228 e. The second kappa shape index (κ2) is 7.13. The predicted octanol–water partition coefficient (Wildman–Crippen LogP) is 2.10. The highest BCUT2D eigenvalue weighted by Gasteiger charge is 2.31. The fourth-order valence-electron chi connectivity index (χ4n) is 3.50. The van der Waals surface area contributed by atoms with Crippen LogP contribution in [0.25, 0.3) is 0 Å². The maximum absolute atomic E-state index is 12.7. The standard InChI is InChI=1S/C18H25N3O2/c1-2-13(12-21-9-5-6-10-21)19-18(23)15-11-17(22)20-16-8-4-3-7-14(15)16/h3-4,7-8,13,15H,2,5-6,9-12H2,1H3,(H,19,23)(H,20,22). The monoisotopic (exact) mass is 315 g/mol. The van der Waals surface area contributed by atoms with Crippen molar-refractivity contribution in [1.29, 1.82) is 0 Å². The van der Waals surface area contributed by atoms with Crippen molar-refractivity contribution < 1.29 is 9.59 Å². The van der Waals surface area contributed by atoms with Crippen LogP contribution in [-0.2, 0) is 9.59 Å². The van der Waals surface area contributed by atoms with E-state index in [9.17, 15) is 9.59 Å². The molecule has 2 amide bonds. The molecule has 124 valence electrons. The lowest BCUT2D eigenvalue weighted by Crippen LogP contribution is -2.45. The van der Waals surface area contributed by atoms with Crippen molar-refractivity contribution in [3.8, 4) is 0 Å². The van der Waals surface area contributed by atoms with Crippen LogP contribution in [0.2, 0.25) is 0 Å². The molecule has 5 heteroatoms. The number of fused-ring (bicyclic) bond motifs is 1. The predicted molar refractivity (Wildman–Crippen MR) is 90.3 cm³/mol. The van der Waals surface area contributed by atoms with Crippen LogP contribution < -0.4 is 10.6 Å². The number of nitrogens with one attached hydrogen (secondary N) is 2. The highest BCUT2D eigenvalue weighted by atomic mass is 16.2. The molecule has 2 aliphatic rings. The molecule has 5 nitrogen and oxygen atoms in total. The van der Waals surface area contributed by atoms with E-state index in [0.29, 0.717) is 0 Å². The number of carbonyl (C=O) groups is 2. The molecule has 0 bridgehead atoms. The molecule has 0 saturated carbocycles. The summed E-state index contributed by atoms with van der Waals surface area (Å²) in [5.41, 5.74) is 1.68. The van der Waals surface area contributed by atoms with Gasteiger partial charge in [-0.1, -0.05) is 25.1 Å². The molecule has 0 radical (unpaired) electrons. The Morgan fingerprint density at radius 3 is 2.83 bits per heavy atom. The summed E-state index contributed by atoms with van der Waals surface area (Å²) in [5.74, 6) is -0.498. The molecule has 1 fully saturated rings. The van der Waals surface area contributed by atoms with Crippen molar-refractivity contribution in [3.05, 3.63) is 29.8 Å². The topological polar surface area (TPSA) is 61.4 Å². The van der Waals surface area contributed by atoms with Gasteiger partial charge in [0.25, 0.3) is 0 Å². The Hall–Kier alpha value is -1.88. The minimum absolute atomic E-state index is 0.0293. The van der Waals surface area contributed by atoms with Crippen LogP contribution in [0.15, 0.2) is 24.3 Å². The zero-order chi connectivity index (χ0) is 16.2. The summed E-state index contributed by atoms with van der Waals surface area (Å²) in [6, 6.07) is 7.73. The van der Waals surface area contributed by atoms with Crippen LogP contribution in [0.1, 0.15) is 44.1 Å². The number of amides is 2. The van der Waals surface area contributed by atoms with Crippen LogP contribution in [0, 0.1) is 0 Å². The molecule has 1 aromatic carbocycles. The van der Waals surface area contributed by atoms with Gasteiger partial charge in [0.05, 0.1) is 5.92 Å². The average Bonchev–Trinajstić information content (AvgIpc) is 3.06. The number of hydrogen-bond donors (Lipinski definition) is 2. The highest BCUT2D eigenvalue weighted by Crippen LogP contribution is 2.32. The second-order valence-electron chi connectivity index (χ2n) is 6.51. The Balaban J connectivity index is 1.68. The third kappa shape index (κ3) is 3.72. The lowest BCUT2D eigenvalue weighted by atomic mass is 9.89. The molecular formula is C18H25N3O2. The van der Waals surface area contributed by atoms with Gasteiger partial charge in [-0.15, -0.1) is 0 Å². The molecule has 1 saturated heterocycles. The van der Waals surface area contributed by atoms with E-state index in [4.69, 9.17) is 0 Å². The highest BCUT2D eigenvalue weighted by molar-refractivity contribution is 6.01. The fraction of sp³-hybridized carbons (Fsp3) is 0.556. The van der Waals surface area contributed by atoms with E-state index in [2.05, 4.69) is 22.5 Å². The first kappa shape index (κ1) is 16.0. The lowest BCUT2D eigenvalue weighted by molar-refractivity contribution is -0.127. The van der Waals surface area contributed by atoms with Crippen LogP contribution in [0.3, 0.4) is 0 Å². The zero-order valence-corrected chi connectivity index (χ0v) is 13.7. The van der Waals surface area contributed by atoms with Crippen molar-refractivity contribution >= 4 is 17.5 Å². The molecule has 2 aliphatic heterocycles. The summed E-state index contributed by atoms with van der Waals surface area (Å²) in [6.07, 6.45) is 3.63. The summed E-state index contributed by atoms with van der Waals surface area (Å²) >= 11 is 0. The summed E-state index contributed by atoms with van der Waals surface area (Å²) in [7, 11) is 0. The van der Waals surface area contributed by atoms with E-state index in [0.717, 1.165) is 37.3 Å². The minimum Gasteiger partial charge on any atom is -0.352 e. The molecule has 0 spiro atoms. The van der Waals surface area contributed by atoms with Gasteiger partial charge < -0.3 is 15.5 Å². The Morgan fingerprint density at radius 2 is 2.09 bits per heavy atom. The maximum atomic E-state index is 12.7.